The first-order chi connectivity index (χ1) is 6.76. The molecule has 1 aromatic carbocycles. The molecule has 0 saturated heterocycles. The summed E-state index contributed by atoms with van der Waals surface area (Å²) in [5.41, 5.74) is 3.12. The first-order valence-electron chi connectivity index (χ1n) is 4.00. The Morgan fingerprint density at radius 3 is 2.50 bits per heavy atom. The van der Waals surface area contributed by atoms with E-state index in [0.717, 1.165) is 5.69 Å². The van der Waals surface area contributed by atoms with Crippen LogP contribution >= 0.6 is 0 Å². The van der Waals surface area contributed by atoms with Crippen LogP contribution in [-0.2, 0) is 4.79 Å². The number of amides is 1. The van der Waals surface area contributed by atoms with Gasteiger partial charge >= 0.3 is 5.91 Å². The highest BCUT2D eigenvalue weighted by atomic mass is 16.5. The van der Waals surface area contributed by atoms with Crippen LogP contribution in [-0.4, -0.2) is 18.2 Å². The first-order valence-corrected chi connectivity index (χ1v) is 4.00. The monoisotopic (exact) mass is 190 g/mol. The normalized spacial score (nSPS) is 8.43. The molecule has 3 N–H and O–H groups in total. The molecule has 0 atom stereocenters. The van der Waals surface area contributed by atoms with Crippen molar-refractivity contribution in [3.8, 4) is 11.8 Å². The van der Waals surface area contributed by atoms with Gasteiger partial charge in [0.15, 0.2) is 0 Å². The largest absolute Gasteiger partial charge is 0.388 e. The van der Waals surface area contributed by atoms with Crippen molar-refractivity contribution in [3.63, 3.8) is 0 Å². The number of anilines is 1. The third kappa shape index (κ3) is 2.81. The molecular weight excluding hydrogens is 180 g/mol. The number of hydrogen-bond donors (Lipinski definition) is 3. The fraction of sp³-hybridized carbons (Fsp3) is 0.100. The molecule has 0 aliphatic heterocycles. The Hall–Kier alpha value is -1.99. The zero-order valence-electron chi connectivity index (χ0n) is 7.66. The van der Waals surface area contributed by atoms with E-state index in [0.29, 0.717) is 5.56 Å². The first kappa shape index (κ1) is 10.1. The minimum absolute atomic E-state index is 0.715. The second kappa shape index (κ2) is 4.90. The Balaban J connectivity index is 2.76. The predicted molar refractivity (Wildman–Crippen MR) is 52.8 cm³/mol. The molecule has 0 aromatic heterocycles. The molecule has 4 nitrogen and oxygen atoms in total. The summed E-state index contributed by atoms with van der Waals surface area (Å²) >= 11 is 0. The van der Waals surface area contributed by atoms with E-state index in [4.69, 9.17) is 5.21 Å². The predicted octanol–water partition coefficient (Wildman–Crippen LogP) is 0.585. The Labute approximate surface area is 81.9 Å². The van der Waals surface area contributed by atoms with Crippen LogP contribution in [0.3, 0.4) is 0 Å². The summed E-state index contributed by atoms with van der Waals surface area (Å²) in [7, 11) is 1.82. The van der Waals surface area contributed by atoms with E-state index >= 15 is 0 Å². The van der Waals surface area contributed by atoms with Crippen molar-refractivity contribution < 1.29 is 10.0 Å². The van der Waals surface area contributed by atoms with Crippen LogP contribution in [0.5, 0.6) is 0 Å². The van der Waals surface area contributed by atoms with Gasteiger partial charge in [0.25, 0.3) is 0 Å². The third-order valence-electron chi connectivity index (χ3n) is 1.60. The van der Waals surface area contributed by atoms with Crippen LogP contribution in [0.2, 0.25) is 0 Å². The fourth-order valence-electron chi connectivity index (χ4n) is 0.877. The van der Waals surface area contributed by atoms with Gasteiger partial charge in [-0.25, -0.2) is 5.48 Å². The van der Waals surface area contributed by atoms with E-state index in [2.05, 4.69) is 17.2 Å². The molecule has 0 spiro atoms. The van der Waals surface area contributed by atoms with Gasteiger partial charge in [-0.2, -0.15) is 0 Å². The molecule has 0 aliphatic carbocycles. The minimum atomic E-state index is -0.720. The molecule has 1 aromatic rings. The summed E-state index contributed by atoms with van der Waals surface area (Å²) in [6.07, 6.45) is 0. The maximum Gasteiger partial charge on any atom is 0.319 e. The molecule has 0 radical (unpaired) electrons. The van der Waals surface area contributed by atoms with Gasteiger partial charge in [-0.1, -0.05) is 5.92 Å². The lowest BCUT2D eigenvalue weighted by Gasteiger charge is -1.97. The lowest BCUT2D eigenvalue weighted by molar-refractivity contribution is -0.123. The van der Waals surface area contributed by atoms with Crippen LogP contribution in [0.4, 0.5) is 5.69 Å². The van der Waals surface area contributed by atoms with Gasteiger partial charge in [0, 0.05) is 24.2 Å². The van der Waals surface area contributed by atoms with Gasteiger partial charge < -0.3 is 5.32 Å². The Morgan fingerprint density at radius 2 is 2.00 bits per heavy atom. The number of benzene rings is 1. The van der Waals surface area contributed by atoms with Gasteiger partial charge in [0.1, 0.15) is 0 Å². The average Bonchev–Trinajstić information content (AvgIpc) is 2.26. The molecule has 0 aliphatic rings. The molecule has 0 saturated carbocycles. The van der Waals surface area contributed by atoms with Crippen LogP contribution in [0.15, 0.2) is 24.3 Å². The molecular formula is C10H10N2O2. The summed E-state index contributed by atoms with van der Waals surface area (Å²) < 4.78 is 0. The topological polar surface area (TPSA) is 61.4 Å². The highest BCUT2D eigenvalue weighted by molar-refractivity contribution is 5.93. The van der Waals surface area contributed by atoms with Crippen LogP contribution in [0.25, 0.3) is 0 Å². The lowest BCUT2D eigenvalue weighted by atomic mass is 10.2. The number of hydroxylamine groups is 1. The van der Waals surface area contributed by atoms with Gasteiger partial charge in [-0.3, -0.25) is 10.0 Å². The molecule has 1 amide bonds. The summed E-state index contributed by atoms with van der Waals surface area (Å²) in [6, 6.07) is 7.26. The lowest BCUT2D eigenvalue weighted by Crippen LogP contribution is -2.15. The Kier molecular flexibility index (Phi) is 3.53. The van der Waals surface area contributed by atoms with Crippen molar-refractivity contribution in [2.75, 3.05) is 12.4 Å². The zero-order chi connectivity index (χ0) is 10.4. The van der Waals surface area contributed by atoms with Crippen molar-refractivity contribution in [1.29, 1.82) is 0 Å². The smallest absolute Gasteiger partial charge is 0.319 e. The van der Waals surface area contributed by atoms with Gasteiger partial charge in [-0.05, 0) is 24.3 Å². The SMILES string of the molecule is CNc1ccc(C#CC(=O)NO)cc1. The summed E-state index contributed by atoms with van der Waals surface area (Å²) in [4.78, 5) is 10.6. The minimum Gasteiger partial charge on any atom is -0.388 e. The summed E-state index contributed by atoms with van der Waals surface area (Å²) in [5, 5.41) is 11.1. The van der Waals surface area contributed by atoms with Crippen LogP contribution < -0.4 is 10.8 Å². The van der Waals surface area contributed by atoms with E-state index in [1.165, 1.54) is 5.48 Å². The van der Waals surface area contributed by atoms with E-state index in [1.807, 2.05) is 19.2 Å². The van der Waals surface area contributed by atoms with Crippen molar-refractivity contribution in [1.82, 2.24) is 5.48 Å². The number of carbonyl (C=O) groups excluding carboxylic acids is 1. The number of nitrogens with one attached hydrogen (secondary N) is 2. The van der Waals surface area contributed by atoms with Gasteiger partial charge in [0.05, 0.1) is 0 Å². The molecule has 0 unspecified atom stereocenters. The van der Waals surface area contributed by atoms with Crippen molar-refractivity contribution >= 4 is 11.6 Å². The second-order valence-corrected chi connectivity index (χ2v) is 2.52. The van der Waals surface area contributed by atoms with Crippen LogP contribution in [0, 0.1) is 11.8 Å². The second-order valence-electron chi connectivity index (χ2n) is 2.52. The number of rotatable bonds is 1. The standard InChI is InChI=1S/C10H10N2O2/c1-11-9-5-2-8(3-6-9)4-7-10(13)12-14/h2-3,5-6,11,14H,1H3,(H,12,13). The average molecular weight is 190 g/mol. The molecule has 0 heterocycles. The van der Waals surface area contributed by atoms with Crippen molar-refractivity contribution in [3.05, 3.63) is 29.8 Å². The Bertz CT molecular complexity index is 373. The molecule has 14 heavy (non-hydrogen) atoms. The molecule has 0 bridgehead atoms. The number of hydrogen-bond acceptors (Lipinski definition) is 3. The van der Waals surface area contributed by atoms with Gasteiger partial charge in [0.2, 0.25) is 0 Å². The zero-order valence-corrected chi connectivity index (χ0v) is 7.66. The van der Waals surface area contributed by atoms with E-state index < -0.39 is 5.91 Å². The Morgan fingerprint density at radius 1 is 1.36 bits per heavy atom. The maximum absolute atomic E-state index is 10.6. The molecule has 4 heteroatoms. The molecule has 72 valence electrons. The van der Waals surface area contributed by atoms with E-state index in [-0.39, 0.29) is 0 Å². The highest BCUT2D eigenvalue weighted by Gasteiger charge is 1.90. The highest BCUT2D eigenvalue weighted by Crippen LogP contribution is 2.06. The quantitative estimate of drug-likeness (QED) is 0.345. The molecule has 0 fully saturated rings. The molecule has 1 rings (SSSR count). The maximum atomic E-state index is 10.6. The third-order valence-corrected chi connectivity index (χ3v) is 1.60. The van der Waals surface area contributed by atoms with Crippen molar-refractivity contribution in [2.45, 2.75) is 0 Å². The van der Waals surface area contributed by atoms with Gasteiger partial charge in [-0.15, -0.1) is 0 Å². The fourth-order valence-corrected chi connectivity index (χ4v) is 0.877. The number of carbonyl (C=O) groups is 1. The van der Waals surface area contributed by atoms with Crippen molar-refractivity contribution in [2.24, 2.45) is 0 Å². The summed E-state index contributed by atoms with van der Waals surface area (Å²) in [5.74, 6) is 4.09. The van der Waals surface area contributed by atoms with E-state index in [1.54, 1.807) is 12.1 Å². The summed E-state index contributed by atoms with van der Waals surface area (Å²) in [6.45, 7) is 0. The van der Waals surface area contributed by atoms with E-state index in [9.17, 15) is 4.79 Å². The van der Waals surface area contributed by atoms with Crippen LogP contribution in [0.1, 0.15) is 5.56 Å².